The number of rotatable bonds is 7. The fourth-order valence-electron chi connectivity index (χ4n) is 3.37. The Hall–Kier alpha value is -0.120. The van der Waals surface area contributed by atoms with Crippen molar-refractivity contribution in [3.8, 4) is 0 Å². The van der Waals surface area contributed by atoms with Crippen LogP contribution < -0.4 is 5.32 Å². The first kappa shape index (κ1) is 17.9. The Balaban J connectivity index is 2.47. The van der Waals surface area contributed by atoms with Crippen molar-refractivity contribution >= 4 is 0 Å². The highest BCUT2D eigenvalue weighted by Gasteiger charge is 2.30. The van der Waals surface area contributed by atoms with Crippen molar-refractivity contribution in [1.29, 1.82) is 0 Å². The molecule has 0 amide bonds. The van der Waals surface area contributed by atoms with E-state index in [1.807, 2.05) is 0 Å². The summed E-state index contributed by atoms with van der Waals surface area (Å²) in [6.07, 6.45) is 2.60. The molecule has 3 nitrogen and oxygen atoms in total. The van der Waals surface area contributed by atoms with E-state index in [9.17, 15) is 0 Å². The van der Waals surface area contributed by atoms with E-state index < -0.39 is 0 Å². The Morgan fingerprint density at radius 2 is 1.55 bits per heavy atom. The number of nitrogens with zero attached hydrogens (tertiary/aromatic N) is 2. The smallest absolute Gasteiger partial charge is 0.0126 e. The topological polar surface area (TPSA) is 18.5 Å². The fraction of sp³-hybridized carbons (Fsp3) is 1.00. The molecule has 1 atom stereocenters. The molecule has 1 saturated heterocycles. The normalized spacial score (nSPS) is 21.9. The van der Waals surface area contributed by atoms with Gasteiger partial charge in [-0.15, -0.1) is 0 Å². The summed E-state index contributed by atoms with van der Waals surface area (Å²) in [6, 6.07) is 0. The monoisotopic (exact) mass is 283 g/mol. The molecule has 0 aliphatic carbocycles. The number of nitrogens with one attached hydrogen (secondary N) is 1. The van der Waals surface area contributed by atoms with E-state index in [1.165, 1.54) is 45.6 Å². The Morgan fingerprint density at radius 1 is 0.950 bits per heavy atom. The highest BCUT2D eigenvalue weighted by atomic mass is 15.3. The summed E-state index contributed by atoms with van der Waals surface area (Å²) in [7, 11) is 0. The molecule has 20 heavy (non-hydrogen) atoms. The van der Waals surface area contributed by atoms with Gasteiger partial charge in [0.05, 0.1) is 0 Å². The van der Waals surface area contributed by atoms with Crippen molar-refractivity contribution < 1.29 is 0 Å². The second kappa shape index (κ2) is 7.77. The molecular weight excluding hydrogens is 246 g/mol. The molecule has 0 aromatic carbocycles. The maximum atomic E-state index is 3.56. The van der Waals surface area contributed by atoms with E-state index in [2.05, 4.69) is 56.7 Å². The van der Waals surface area contributed by atoms with E-state index >= 15 is 0 Å². The van der Waals surface area contributed by atoms with Crippen LogP contribution in [0.2, 0.25) is 0 Å². The first-order chi connectivity index (χ1) is 9.30. The van der Waals surface area contributed by atoms with Crippen LogP contribution in [0.15, 0.2) is 0 Å². The first-order valence-electron chi connectivity index (χ1n) is 8.49. The highest BCUT2D eigenvalue weighted by Crippen LogP contribution is 2.25. The minimum atomic E-state index is 0.322. The summed E-state index contributed by atoms with van der Waals surface area (Å²) in [6.45, 7) is 22.3. The molecule has 1 unspecified atom stereocenters. The van der Waals surface area contributed by atoms with E-state index in [1.54, 1.807) is 0 Å². The second-order valence-corrected chi connectivity index (χ2v) is 7.78. The molecule has 1 aliphatic heterocycles. The molecule has 0 aromatic heterocycles. The van der Waals surface area contributed by atoms with Gasteiger partial charge in [0.1, 0.15) is 0 Å². The predicted molar refractivity (Wildman–Crippen MR) is 89.3 cm³/mol. The lowest BCUT2D eigenvalue weighted by Crippen LogP contribution is -2.55. The van der Waals surface area contributed by atoms with Crippen LogP contribution in [-0.4, -0.2) is 61.2 Å². The number of hydrogen-bond acceptors (Lipinski definition) is 3. The molecule has 3 heteroatoms. The molecular formula is C17H37N3. The third kappa shape index (κ3) is 5.71. The van der Waals surface area contributed by atoms with Crippen LogP contribution >= 0.6 is 0 Å². The Morgan fingerprint density at radius 3 is 2.00 bits per heavy atom. The summed E-state index contributed by atoms with van der Waals surface area (Å²) >= 11 is 0. The average molecular weight is 284 g/mol. The number of piperazine rings is 1. The minimum Gasteiger partial charge on any atom is -0.316 e. The van der Waals surface area contributed by atoms with Gasteiger partial charge < -0.3 is 10.2 Å². The minimum absolute atomic E-state index is 0.322. The summed E-state index contributed by atoms with van der Waals surface area (Å²) in [5, 5.41) is 3.56. The lowest BCUT2D eigenvalue weighted by molar-refractivity contribution is 0.0406. The quantitative estimate of drug-likeness (QED) is 0.775. The van der Waals surface area contributed by atoms with Gasteiger partial charge in [0.2, 0.25) is 0 Å². The average Bonchev–Trinajstić information content (AvgIpc) is 2.36. The molecule has 1 fully saturated rings. The second-order valence-electron chi connectivity index (χ2n) is 7.78. The molecule has 1 rings (SSSR count). The summed E-state index contributed by atoms with van der Waals surface area (Å²) in [4.78, 5) is 5.29. The van der Waals surface area contributed by atoms with Crippen LogP contribution in [0.5, 0.6) is 0 Å². The maximum absolute atomic E-state index is 3.56. The predicted octanol–water partition coefficient (Wildman–Crippen LogP) is 2.82. The molecule has 120 valence electrons. The zero-order valence-corrected chi connectivity index (χ0v) is 14.8. The van der Waals surface area contributed by atoms with Crippen molar-refractivity contribution in [2.75, 3.05) is 45.8 Å². The van der Waals surface area contributed by atoms with Crippen LogP contribution in [0.1, 0.15) is 54.4 Å². The largest absolute Gasteiger partial charge is 0.316 e. The third-order valence-corrected chi connectivity index (χ3v) is 4.58. The van der Waals surface area contributed by atoms with E-state index in [0.29, 0.717) is 11.0 Å². The standard InChI is InChI=1S/C17H37N3/c1-7-9-17(6,14-18-8-2)15-19-10-12-20(13-11-19)16(3,4)5/h18H,7-15H2,1-6H3. The lowest BCUT2D eigenvalue weighted by Gasteiger charge is -2.44. The van der Waals surface area contributed by atoms with Gasteiger partial charge in [-0.3, -0.25) is 4.90 Å². The zero-order valence-electron chi connectivity index (χ0n) is 14.8. The third-order valence-electron chi connectivity index (χ3n) is 4.58. The molecule has 0 radical (unpaired) electrons. The van der Waals surface area contributed by atoms with Crippen molar-refractivity contribution in [3.63, 3.8) is 0 Å². The Labute approximate surface area is 127 Å². The van der Waals surface area contributed by atoms with Gasteiger partial charge in [-0.25, -0.2) is 0 Å². The van der Waals surface area contributed by atoms with Crippen molar-refractivity contribution in [3.05, 3.63) is 0 Å². The van der Waals surface area contributed by atoms with Crippen LogP contribution in [0.3, 0.4) is 0 Å². The summed E-state index contributed by atoms with van der Waals surface area (Å²) < 4.78 is 0. The Kier molecular flexibility index (Phi) is 6.96. The SMILES string of the molecule is CCCC(C)(CNCC)CN1CCN(C(C)(C)C)CC1. The van der Waals surface area contributed by atoms with Gasteiger partial charge in [-0.05, 0) is 39.2 Å². The van der Waals surface area contributed by atoms with Gasteiger partial charge in [0.25, 0.3) is 0 Å². The molecule has 1 heterocycles. The number of hydrogen-bond donors (Lipinski definition) is 1. The van der Waals surface area contributed by atoms with E-state index in [-0.39, 0.29) is 0 Å². The van der Waals surface area contributed by atoms with Gasteiger partial charge in [-0.1, -0.05) is 27.2 Å². The lowest BCUT2D eigenvalue weighted by atomic mass is 9.84. The van der Waals surface area contributed by atoms with Crippen molar-refractivity contribution in [1.82, 2.24) is 15.1 Å². The molecule has 0 bridgehead atoms. The van der Waals surface area contributed by atoms with E-state index in [4.69, 9.17) is 0 Å². The fourth-order valence-corrected chi connectivity index (χ4v) is 3.37. The highest BCUT2D eigenvalue weighted by molar-refractivity contribution is 4.86. The molecule has 0 saturated carbocycles. The first-order valence-corrected chi connectivity index (χ1v) is 8.49. The molecule has 0 aromatic rings. The molecule has 0 spiro atoms. The van der Waals surface area contributed by atoms with Crippen LogP contribution in [0.25, 0.3) is 0 Å². The van der Waals surface area contributed by atoms with Crippen molar-refractivity contribution in [2.24, 2.45) is 5.41 Å². The van der Waals surface area contributed by atoms with Gasteiger partial charge in [0.15, 0.2) is 0 Å². The summed E-state index contributed by atoms with van der Waals surface area (Å²) in [5.74, 6) is 0. The molecule has 1 aliphatic rings. The van der Waals surface area contributed by atoms with Crippen molar-refractivity contribution in [2.45, 2.75) is 59.9 Å². The zero-order chi connectivity index (χ0) is 15.2. The van der Waals surface area contributed by atoms with Gasteiger partial charge in [-0.2, -0.15) is 0 Å². The Bertz CT molecular complexity index is 264. The van der Waals surface area contributed by atoms with Crippen LogP contribution in [0.4, 0.5) is 0 Å². The summed E-state index contributed by atoms with van der Waals surface area (Å²) in [5.41, 5.74) is 0.747. The maximum Gasteiger partial charge on any atom is 0.0126 e. The van der Waals surface area contributed by atoms with Crippen LogP contribution in [-0.2, 0) is 0 Å². The van der Waals surface area contributed by atoms with Gasteiger partial charge in [0, 0.05) is 44.8 Å². The van der Waals surface area contributed by atoms with Gasteiger partial charge >= 0.3 is 0 Å². The van der Waals surface area contributed by atoms with E-state index in [0.717, 1.165) is 13.1 Å². The van der Waals surface area contributed by atoms with Crippen LogP contribution in [0, 0.1) is 5.41 Å². The molecule has 1 N–H and O–H groups in total.